The zero-order valence-electron chi connectivity index (χ0n) is 13.6. The molecule has 2 aromatic rings. The van der Waals surface area contributed by atoms with Crippen LogP contribution in [0.3, 0.4) is 0 Å². The number of rotatable bonds is 2. The molecule has 1 saturated heterocycles. The molecule has 1 aliphatic rings. The fourth-order valence-corrected chi connectivity index (χ4v) is 2.77. The fourth-order valence-electron chi connectivity index (χ4n) is 2.77. The van der Waals surface area contributed by atoms with Crippen LogP contribution in [0, 0.1) is 11.8 Å². The lowest BCUT2D eigenvalue weighted by atomic mass is 10.3. The number of carbonyl (C=O) groups is 1. The normalized spacial score (nSPS) is 14.6. The van der Waals surface area contributed by atoms with Gasteiger partial charge in [-0.2, -0.15) is 5.10 Å². The number of imidazole rings is 1. The largest absolute Gasteiger partial charge is 0.465 e. The highest BCUT2D eigenvalue weighted by molar-refractivity contribution is 5.77. The van der Waals surface area contributed by atoms with E-state index in [1.165, 1.54) is 9.58 Å². The van der Waals surface area contributed by atoms with Crippen molar-refractivity contribution in [1.29, 1.82) is 0 Å². The van der Waals surface area contributed by atoms with Crippen molar-refractivity contribution in [2.75, 3.05) is 31.1 Å². The Bertz CT molecular complexity index is 896. The molecule has 0 bridgehead atoms. The number of nitrogens with zero attached hydrogens (tertiary/aromatic N) is 6. The molecule has 3 heterocycles. The van der Waals surface area contributed by atoms with Gasteiger partial charge in [0.15, 0.2) is 0 Å². The highest BCUT2D eigenvalue weighted by Crippen LogP contribution is 2.21. The molecule has 1 amide bonds. The van der Waals surface area contributed by atoms with Crippen LogP contribution < -0.4 is 10.5 Å². The first-order valence-electron chi connectivity index (χ1n) is 7.58. The minimum atomic E-state index is -0.918. The van der Waals surface area contributed by atoms with Crippen LogP contribution in [0.4, 0.5) is 10.7 Å². The van der Waals surface area contributed by atoms with Crippen LogP contribution >= 0.6 is 0 Å². The van der Waals surface area contributed by atoms with Gasteiger partial charge >= 0.3 is 6.09 Å². The quantitative estimate of drug-likeness (QED) is 0.776. The Labute approximate surface area is 138 Å². The van der Waals surface area contributed by atoms with E-state index in [4.69, 9.17) is 5.11 Å². The molecule has 3 rings (SSSR count). The molecule has 0 saturated carbocycles. The van der Waals surface area contributed by atoms with Crippen LogP contribution in [0.2, 0.25) is 0 Å². The number of amides is 1. The highest BCUT2D eigenvalue weighted by atomic mass is 16.4. The number of anilines is 1. The second kappa shape index (κ2) is 6.23. The number of fused-ring (bicyclic) bond motifs is 1. The van der Waals surface area contributed by atoms with Gasteiger partial charge in [-0.15, -0.1) is 5.92 Å². The standard InChI is InChI=1S/C15H18N6O3/c1-3-4-5-21-12-11(10-16-18(2)13(12)22)17-14(21)19-6-8-20(9-7-19)15(23)24/h10H,5-9H2,1-2H3,(H,23,24). The average Bonchev–Trinajstić information content (AvgIpc) is 2.95. The first-order valence-corrected chi connectivity index (χ1v) is 7.58. The van der Waals surface area contributed by atoms with Gasteiger partial charge in [0, 0.05) is 33.2 Å². The molecule has 1 N–H and O–H groups in total. The predicted molar refractivity (Wildman–Crippen MR) is 88.0 cm³/mol. The van der Waals surface area contributed by atoms with Gasteiger partial charge < -0.3 is 14.9 Å². The Balaban J connectivity index is 2.04. The van der Waals surface area contributed by atoms with Gasteiger partial charge in [-0.3, -0.25) is 9.36 Å². The molecule has 0 atom stereocenters. The molecule has 1 fully saturated rings. The second-order valence-corrected chi connectivity index (χ2v) is 5.49. The van der Waals surface area contributed by atoms with E-state index in [9.17, 15) is 9.59 Å². The Morgan fingerprint density at radius 1 is 1.33 bits per heavy atom. The van der Waals surface area contributed by atoms with Crippen LogP contribution in [-0.2, 0) is 13.6 Å². The third-order valence-corrected chi connectivity index (χ3v) is 4.07. The maximum Gasteiger partial charge on any atom is 0.407 e. The minimum Gasteiger partial charge on any atom is -0.465 e. The smallest absolute Gasteiger partial charge is 0.407 e. The number of aromatic nitrogens is 4. The summed E-state index contributed by atoms with van der Waals surface area (Å²) in [5.41, 5.74) is 0.755. The molecule has 2 aromatic heterocycles. The van der Waals surface area contributed by atoms with Crippen LogP contribution in [0.15, 0.2) is 11.0 Å². The van der Waals surface area contributed by atoms with Gasteiger partial charge in [-0.1, -0.05) is 5.92 Å². The zero-order chi connectivity index (χ0) is 17.3. The summed E-state index contributed by atoms with van der Waals surface area (Å²) in [5, 5.41) is 13.1. The molecule has 0 aliphatic carbocycles. The van der Waals surface area contributed by atoms with E-state index in [2.05, 4.69) is 21.9 Å². The topological polar surface area (TPSA) is 96.5 Å². The van der Waals surface area contributed by atoms with Crippen molar-refractivity contribution in [2.24, 2.45) is 7.05 Å². The Hall–Kier alpha value is -3.02. The summed E-state index contributed by atoms with van der Waals surface area (Å²) in [6.07, 6.45) is 0.641. The molecule has 0 radical (unpaired) electrons. The fraction of sp³-hybridized carbons (Fsp3) is 0.467. The Kier molecular flexibility index (Phi) is 4.12. The Morgan fingerprint density at radius 2 is 2.04 bits per heavy atom. The summed E-state index contributed by atoms with van der Waals surface area (Å²) in [7, 11) is 1.59. The summed E-state index contributed by atoms with van der Waals surface area (Å²) >= 11 is 0. The van der Waals surface area contributed by atoms with E-state index in [1.807, 2.05) is 4.90 Å². The van der Waals surface area contributed by atoms with E-state index in [0.29, 0.717) is 49.7 Å². The van der Waals surface area contributed by atoms with Crippen LogP contribution in [-0.4, -0.2) is 61.6 Å². The van der Waals surface area contributed by atoms with E-state index in [0.717, 1.165) is 0 Å². The van der Waals surface area contributed by atoms with Crippen LogP contribution in [0.5, 0.6) is 0 Å². The summed E-state index contributed by atoms with van der Waals surface area (Å²) in [6, 6.07) is 0. The molecule has 9 nitrogen and oxygen atoms in total. The van der Waals surface area contributed by atoms with Gasteiger partial charge in [0.05, 0.1) is 12.7 Å². The number of aryl methyl sites for hydroxylation is 1. The molecule has 0 spiro atoms. The summed E-state index contributed by atoms with van der Waals surface area (Å²) in [5.74, 6) is 6.43. The van der Waals surface area contributed by atoms with Crippen molar-refractivity contribution in [2.45, 2.75) is 13.5 Å². The molecular weight excluding hydrogens is 312 g/mol. The minimum absolute atomic E-state index is 0.228. The lowest BCUT2D eigenvalue weighted by Gasteiger charge is -2.33. The number of hydrogen-bond donors (Lipinski definition) is 1. The SMILES string of the molecule is CC#CCn1c(N2CCN(C(=O)O)CC2)nc2cnn(C)c(=O)c21. The molecule has 0 aromatic carbocycles. The molecule has 0 unspecified atom stereocenters. The van der Waals surface area contributed by atoms with E-state index < -0.39 is 6.09 Å². The van der Waals surface area contributed by atoms with E-state index in [1.54, 1.807) is 24.7 Å². The van der Waals surface area contributed by atoms with Gasteiger partial charge in [-0.25, -0.2) is 14.5 Å². The monoisotopic (exact) mass is 330 g/mol. The number of carboxylic acid groups (broad SMARTS) is 1. The zero-order valence-corrected chi connectivity index (χ0v) is 13.6. The summed E-state index contributed by atoms with van der Waals surface area (Å²) in [4.78, 5) is 31.4. The van der Waals surface area contributed by atoms with Crippen molar-refractivity contribution in [3.63, 3.8) is 0 Å². The maximum atomic E-state index is 12.4. The first kappa shape index (κ1) is 15.9. The van der Waals surface area contributed by atoms with Crippen molar-refractivity contribution in [3.8, 4) is 11.8 Å². The van der Waals surface area contributed by atoms with Gasteiger partial charge in [-0.05, 0) is 6.92 Å². The molecular formula is C15H18N6O3. The first-order chi connectivity index (χ1) is 11.5. The Morgan fingerprint density at radius 3 is 2.67 bits per heavy atom. The number of piperazine rings is 1. The van der Waals surface area contributed by atoms with Gasteiger partial charge in [0.25, 0.3) is 5.56 Å². The van der Waals surface area contributed by atoms with Crippen molar-refractivity contribution < 1.29 is 9.90 Å². The third-order valence-electron chi connectivity index (χ3n) is 4.07. The third kappa shape index (κ3) is 2.67. The van der Waals surface area contributed by atoms with Crippen molar-refractivity contribution >= 4 is 23.1 Å². The maximum absolute atomic E-state index is 12.4. The van der Waals surface area contributed by atoms with Crippen LogP contribution in [0.25, 0.3) is 11.0 Å². The average molecular weight is 330 g/mol. The lowest BCUT2D eigenvalue weighted by molar-refractivity contribution is 0.142. The van der Waals surface area contributed by atoms with Crippen molar-refractivity contribution in [1.82, 2.24) is 24.2 Å². The van der Waals surface area contributed by atoms with Crippen LogP contribution in [0.1, 0.15) is 6.92 Å². The highest BCUT2D eigenvalue weighted by Gasteiger charge is 2.25. The second-order valence-electron chi connectivity index (χ2n) is 5.49. The number of hydrogen-bond acceptors (Lipinski definition) is 5. The van der Waals surface area contributed by atoms with Crippen molar-refractivity contribution in [3.05, 3.63) is 16.6 Å². The predicted octanol–water partition coefficient (Wildman–Crippen LogP) is -0.0467. The molecule has 24 heavy (non-hydrogen) atoms. The lowest BCUT2D eigenvalue weighted by Crippen LogP contribution is -2.49. The van der Waals surface area contributed by atoms with Gasteiger partial charge in [0.1, 0.15) is 11.0 Å². The van der Waals surface area contributed by atoms with Gasteiger partial charge in [0.2, 0.25) is 5.95 Å². The summed E-state index contributed by atoms with van der Waals surface area (Å²) in [6.45, 7) is 3.92. The van der Waals surface area contributed by atoms with E-state index >= 15 is 0 Å². The molecule has 1 aliphatic heterocycles. The summed E-state index contributed by atoms with van der Waals surface area (Å²) < 4.78 is 3.05. The molecule has 126 valence electrons. The van der Waals surface area contributed by atoms with E-state index in [-0.39, 0.29) is 5.56 Å². The molecule has 9 heteroatoms.